The van der Waals surface area contributed by atoms with Gasteiger partial charge >= 0.3 is 11.8 Å². The summed E-state index contributed by atoms with van der Waals surface area (Å²) < 4.78 is 19.9. The standard InChI is InChI=1S/C25H25FN4O4/c1-16(2)28-22(31)25(33)30-13-11-29(12-14-30)24(32)18-8-4-3-7-17(18)23-27-15-21(34-23)19-9-5-6-10-20(19)26/h3-10,15-16H,11-14H2,1-2H3,(H,28,31). The Balaban J connectivity index is 1.49. The van der Waals surface area contributed by atoms with Gasteiger partial charge in [-0.1, -0.05) is 24.3 Å². The SMILES string of the molecule is CC(C)NC(=O)C(=O)N1CCN(C(=O)c2ccccc2-c2ncc(-c3ccccc3F)o2)CC1. The third kappa shape index (κ3) is 4.83. The molecule has 1 aromatic heterocycles. The fraction of sp³-hybridized carbons (Fsp3) is 0.280. The molecular formula is C25H25FN4O4. The highest BCUT2D eigenvalue weighted by Gasteiger charge is 2.29. The first-order chi connectivity index (χ1) is 16.3. The Morgan fingerprint density at radius 1 is 0.941 bits per heavy atom. The molecule has 3 amide bonds. The van der Waals surface area contributed by atoms with Gasteiger partial charge in [0.05, 0.1) is 17.3 Å². The van der Waals surface area contributed by atoms with Crippen LogP contribution >= 0.6 is 0 Å². The second-order valence-corrected chi connectivity index (χ2v) is 8.27. The van der Waals surface area contributed by atoms with Crippen molar-refractivity contribution in [1.29, 1.82) is 0 Å². The Bertz CT molecular complexity index is 1210. The normalized spacial score (nSPS) is 13.8. The lowest BCUT2D eigenvalue weighted by Crippen LogP contribution is -2.54. The molecule has 1 aliphatic heterocycles. The summed E-state index contributed by atoms with van der Waals surface area (Å²) >= 11 is 0. The number of benzene rings is 2. The van der Waals surface area contributed by atoms with E-state index in [4.69, 9.17) is 4.42 Å². The van der Waals surface area contributed by atoms with E-state index < -0.39 is 17.6 Å². The fourth-order valence-electron chi connectivity index (χ4n) is 3.79. The first-order valence-electron chi connectivity index (χ1n) is 11.0. The predicted molar refractivity (Wildman–Crippen MR) is 123 cm³/mol. The molecule has 0 atom stereocenters. The third-order valence-corrected chi connectivity index (χ3v) is 5.50. The maximum Gasteiger partial charge on any atom is 0.312 e. The molecule has 8 nitrogen and oxygen atoms in total. The smallest absolute Gasteiger partial charge is 0.312 e. The lowest BCUT2D eigenvalue weighted by Gasteiger charge is -2.34. The summed E-state index contributed by atoms with van der Waals surface area (Å²) in [4.78, 5) is 45.0. The number of nitrogens with zero attached hydrogens (tertiary/aromatic N) is 3. The van der Waals surface area contributed by atoms with Gasteiger partial charge in [0.1, 0.15) is 5.82 Å². The van der Waals surface area contributed by atoms with Crippen molar-refractivity contribution in [2.24, 2.45) is 0 Å². The van der Waals surface area contributed by atoms with Gasteiger partial charge < -0.3 is 19.5 Å². The van der Waals surface area contributed by atoms with Crippen LogP contribution in [-0.4, -0.2) is 64.7 Å². The van der Waals surface area contributed by atoms with Gasteiger partial charge in [0.15, 0.2) is 5.76 Å². The summed E-state index contributed by atoms with van der Waals surface area (Å²) in [6.07, 6.45) is 1.43. The molecule has 1 saturated heterocycles. The number of hydrogen-bond donors (Lipinski definition) is 1. The summed E-state index contributed by atoms with van der Waals surface area (Å²) in [7, 11) is 0. The largest absolute Gasteiger partial charge is 0.436 e. The van der Waals surface area contributed by atoms with E-state index in [-0.39, 0.29) is 42.3 Å². The van der Waals surface area contributed by atoms with Gasteiger partial charge in [0.25, 0.3) is 5.91 Å². The molecule has 2 aromatic carbocycles. The molecule has 0 saturated carbocycles. The quantitative estimate of drug-likeness (QED) is 0.599. The molecular weight excluding hydrogens is 439 g/mol. The molecule has 2 heterocycles. The van der Waals surface area contributed by atoms with E-state index in [1.807, 2.05) is 0 Å². The number of aromatic nitrogens is 1. The van der Waals surface area contributed by atoms with Gasteiger partial charge in [-0.25, -0.2) is 9.37 Å². The first-order valence-corrected chi connectivity index (χ1v) is 11.0. The zero-order valence-corrected chi connectivity index (χ0v) is 19.0. The molecule has 9 heteroatoms. The van der Waals surface area contributed by atoms with Crippen molar-refractivity contribution in [2.75, 3.05) is 26.2 Å². The Morgan fingerprint density at radius 2 is 1.56 bits per heavy atom. The van der Waals surface area contributed by atoms with Crippen LogP contribution in [0.4, 0.5) is 4.39 Å². The fourth-order valence-corrected chi connectivity index (χ4v) is 3.79. The summed E-state index contributed by atoms with van der Waals surface area (Å²) in [6.45, 7) is 4.67. The highest BCUT2D eigenvalue weighted by atomic mass is 19.1. The minimum absolute atomic E-state index is 0.134. The predicted octanol–water partition coefficient (Wildman–Crippen LogP) is 2.96. The van der Waals surface area contributed by atoms with Crippen molar-refractivity contribution in [3.63, 3.8) is 0 Å². The molecule has 4 rings (SSSR count). The van der Waals surface area contributed by atoms with Crippen LogP contribution in [0.1, 0.15) is 24.2 Å². The van der Waals surface area contributed by atoms with E-state index in [1.54, 1.807) is 61.2 Å². The van der Waals surface area contributed by atoms with Crippen LogP contribution in [0, 0.1) is 5.82 Å². The molecule has 0 radical (unpaired) electrons. The number of oxazole rings is 1. The number of hydrogen-bond acceptors (Lipinski definition) is 5. The zero-order valence-electron chi connectivity index (χ0n) is 19.0. The van der Waals surface area contributed by atoms with Crippen molar-refractivity contribution >= 4 is 17.7 Å². The summed E-state index contributed by atoms with van der Waals surface area (Å²) in [5.74, 6) is -1.43. The minimum atomic E-state index is -0.644. The molecule has 0 aliphatic carbocycles. The van der Waals surface area contributed by atoms with Gasteiger partial charge in [0.2, 0.25) is 5.89 Å². The maximum absolute atomic E-state index is 14.1. The highest BCUT2D eigenvalue weighted by Crippen LogP contribution is 2.30. The molecule has 0 unspecified atom stereocenters. The molecule has 3 aromatic rings. The number of carbonyl (C=O) groups is 3. The van der Waals surface area contributed by atoms with Crippen LogP contribution in [0.25, 0.3) is 22.8 Å². The van der Waals surface area contributed by atoms with E-state index in [0.29, 0.717) is 24.2 Å². The Labute approximate surface area is 196 Å². The average Bonchev–Trinajstić information content (AvgIpc) is 3.33. The zero-order chi connectivity index (χ0) is 24.2. The van der Waals surface area contributed by atoms with Crippen LogP contribution in [-0.2, 0) is 9.59 Å². The van der Waals surface area contributed by atoms with Gasteiger partial charge in [-0.15, -0.1) is 0 Å². The third-order valence-electron chi connectivity index (χ3n) is 5.50. The van der Waals surface area contributed by atoms with Gasteiger partial charge in [-0.3, -0.25) is 14.4 Å². The summed E-state index contributed by atoms with van der Waals surface area (Å²) in [6, 6.07) is 13.0. The maximum atomic E-state index is 14.1. The van der Waals surface area contributed by atoms with Crippen molar-refractivity contribution < 1.29 is 23.2 Å². The first kappa shape index (κ1) is 23.2. The number of nitrogens with one attached hydrogen (secondary N) is 1. The van der Waals surface area contributed by atoms with Crippen LogP contribution in [0.2, 0.25) is 0 Å². The lowest BCUT2D eigenvalue weighted by atomic mass is 10.1. The van der Waals surface area contributed by atoms with Crippen molar-refractivity contribution in [2.45, 2.75) is 19.9 Å². The monoisotopic (exact) mass is 464 g/mol. The summed E-state index contributed by atoms with van der Waals surface area (Å²) in [5, 5.41) is 2.59. The Morgan fingerprint density at radius 3 is 2.24 bits per heavy atom. The Kier molecular flexibility index (Phi) is 6.72. The molecule has 34 heavy (non-hydrogen) atoms. The minimum Gasteiger partial charge on any atom is -0.436 e. The average molecular weight is 464 g/mol. The van der Waals surface area contributed by atoms with Gasteiger partial charge in [0, 0.05) is 37.8 Å². The number of halogens is 1. The van der Waals surface area contributed by atoms with Crippen molar-refractivity contribution in [1.82, 2.24) is 20.1 Å². The topological polar surface area (TPSA) is 95.8 Å². The number of rotatable bonds is 4. The van der Waals surface area contributed by atoms with E-state index in [1.165, 1.54) is 17.2 Å². The van der Waals surface area contributed by atoms with Crippen molar-refractivity contribution in [3.05, 3.63) is 66.1 Å². The molecule has 1 N–H and O–H groups in total. The van der Waals surface area contributed by atoms with Crippen LogP contribution in [0.15, 0.2) is 59.1 Å². The van der Waals surface area contributed by atoms with Gasteiger partial charge in [-0.05, 0) is 38.1 Å². The van der Waals surface area contributed by atoms with E-state index in [9.17, 15) is 18.8 Å². The number of amides is 3. The van der Waals surface area contributed by atoms with E-state index in [0.717, 1.165) is 0 Å². The van der Waals surface area contributed by atoms with Gasteiger partial charge in [-0.2, -0.15) is 0 Å². The second-order valence-electron chi connectivity index (χ2n) is 8.27. The molecule has 0 spiro atoms. The molecule has 0 bridgehead atoms. The summed E-state index contributed by atoms with van der Waals surface area (Å²) in [5.41, 5.74) is 1.17. The van der Waals surface area contributed by atoms with Crippen LogP contribution in [0.5, 0.6) is 0 Å². The number of carbonyl (C=O) groups excluding carboxylic acids is 3. The highest BCUT2D eigenvalue weighted by molar-refractivity contribution is 6.35. The molecule has 176 valence electrons. The van der Waals surface area contributed by atoms with E-state index >= 15 is 0 Å². The van der Waals surface area contributed by atoms with Crippen molar-refractivity contribution in [3.8, 4) is 22.8 Å². The molecule has 1 fully saturated rings. The van der Waals surface area contributed by atoms with Crippen LogP contribution in [0.3, 0.4) is 0 Å². The lowest BCUT2D eigenvalue weighted by molar-refractivity contribution is -0.147. The van der Waals surface area contributed by atoms with E-state index in [2.05, 4.69) is 10.3 Å². The number of piperazine rings is 1. The molecule has 1 aliphatic rings. The Hall–Kier alpha value is -4.01. The van der Waals surface area contributed by atoms with Crippen LogP contribution < -0.4 is 5.32 Å². The second kappa shape index (κ2) is 9.86.